The quantitative estimate of drug-likeness (QED) is 0.781. The van der Waals surface area contributed by atoms with E-state index in [2.05, 4.69) is 6.92 Å². The van der Waals surface area contributed by atoms with Gasteiger partial charge in [0.2, 0.25) is 5.91 Å². The fourth-order valence-electron chi connectivity index (χ4n) is 2.55. The van der Waals surface area contributed by atoms with Crippen molar-refractivity contribution in [2.24, 2.45) is 11.7 Å². The van der Waals surface area contributed by atoms with Crippen LogP contribution in [0.2, 0.25) is 0 Å². The second-order valence-corrected chi connectivity index (χ2v) is 6.21. The minimum absolute atomic E-state index is 0. The molecule has 1 saturated carbocycles. The Labute approximate surface area is 108 Å². The van der Waals surface area contributed by atoms with Crippen molar-refractivity contribution in [1.29, 1.82) is 0 Å². The summed E-state index contributed by atoms with van der Waals surface area (Å²) in [5.41, 5.74) is 5.97. The molecular weight excluding hydrogens is 244 g/mol. The fourth-order valence-corrected chi connectivity index (χ4v) is 3.56. The zero-order valence-electron chi connectivity index (χ0n) is 9.72. The first-order valence-electron chi connectivity index (χ1n) is 5.84. The summed E-state index contributed by atoms with van der Waals surface area (Å²) >= 11 is 1.96. The van der Waals surface area contributed by atoms with Crippen LogP contribution in [0.3, 0.4) is 0 Å². The number of thioether (sulfide) groups is 1. The topological polar surface area (TPSA) is 46.3 Å². The normalized spacial score (nSPS) is 34.6. The van der Waals surface area contributed by atoms with Gasteiger partial charge in [-0.1, -0.05) is 13.3 Å². The molecule has 3 nitrogen and oxygen atoms in total. The van der Waals surface area contributed by atoms with Gasteiger partial charge < -0.3 is 10.6 Å². The Bertz CT molecular complexity index is 252. The van der Waals surface area contributed by atoms with Gasteiger partial charge in [0.05, 0.1) is 5.92 Å². The average molecular weight is 265 g/mol. The van der Waals surface area contributed by atoms with Gasteiger partial charge in [0.25, 0.3) is 0 Å². The van der Waals surface area contributed by atoms with Gasteiger partial charge in [-0.15, -0.1) is 12.4 Å². The number of halogens is 1. The standard InChI is InChI=1S/C11H20N2OS.ClH/c1-8-7-13(5-6-15-8)11(14)9-3-2-4-10(9)12;/h8-10H,2-7,12H2,1H3;1H. The molecule has 1 amide bonds. The Hall–Kier alpha value is 0.0700. The van der Waals surface area contributed by atoms with Crippen LogP contribution in [0.25, 0.3) is 0 Å². The minimum Gasteiger partial charge on any atom is -0.340 e. The maximum absolute atomic E-state index is 12.2. The van der Waals surface area contributed by atoms with Gasteiger partial charge in [0, 0.05) is 30.1 Å². The van der Waals surface area contributed by atoms with Crippen LogP contribution in [0.15, 0.2) is 0 Å². The molecule has 2 rings (SSSR count). The van der Waals surface area contributed by atoms with Crippen LogP contribution in [0.5, 0.6) is 0 Å². The van der Waals surface area contributed by atoms with E-state index in [0.29, 0.717) is 11.2 Å². The second kappa shape index (κ2) is 6.12. The van der Waals surface area contributed by atoms with E-state index >= 15 is 0 Å². The summed E-state index contributed by atoms with van der Waals surface area (Å²) in [5, 5.41) is 0.584. The first-order chi connectivity index (χ1) is 7.18. The van der Waals surface area contributed by atoms with Crippen LogP contribution in [0, 0.1) is 5.92 Å². The number of carbonyl (C=O) groups is 1. The van der Waals surface area contributed by atoms with Gasteiger partial charge in [0.15, 0.2) is 0 Å². The lowest BCUT2D eigenvalue weighted by Gasteiger charge is -2.33. The van der Waals surface area contributed by atoms with Crippen LogP contribution in [0.1, 0.15) is 26.2 Å². The van der Waals surface area contributed by atoms with Crippen molar-refractivity contribution in [3.63, 3.8) is 0 Å². The molecule has 2 aliphatic rings. The third-order valence-corrected chi connectivity index (χ3v) is 4.58. The van der Waals surface area contributed by atoms with Gasteiger partial charge in [-0.25, -0.2) is 0 Å². The monoisotopic (exact) mass is 264 g/mol. The molecule has 0 aromatic heterocycles. The van der Waals surface area contributed by atoms with Gasteiger partial charge in [-0.05, 0) is 12.8 Å². The van der Waals surface area contributed by atoms with Gasteiger partial charge >= 0.3 is 0 Å². The number of amides is 1. The Balaban J connectivity index is 0.00000128. The van der Waals surface area contributed by atoms with Crippen molar-refractivity contribution >= 4 is 30.1 Å². The van der Waals surface area contributed by atoms with Gasteiger partial charge in [0.1, 0.15) is 0 Å². The first-order valence-corrected chi connectivity index (χ1v) is 6.89. The summed E-state index contributed by atoms with van der Waals surface area (Å²) in [6, 6.07) is 0.113. The molecule has 1 saturated heterocycles. The maximum Gasteiger partial charge on any atom is 0.227 e. The van der Waals surface area contributed by atoms with Crippen molar-refractivity contribution < 1.29 is 4.79 Å². The van der Waals surface area contributed by atoms with E-state index in [4.69, 9.17) is 5.73 Å². The van der Waals surface area contributed by atoms with Gasteiger partial charge in [-0.2, -0.15) is 11.8 Å². The highest BCUT2D eigenvalue weighted by Crippen LogP contribution is 2.27. The van der Waals surface area contributed by atoms with E-state index in [-0.39, 0.29) is 24.4 Å². The molecule has 0 radical (unpaired) electrons. The molecule has 3 atom stereocenters. The Morgan fingerprint density at radius 1 is 1.44 bits per heavy atom. The lowest BCUT2D eigenvalue weighted by molar-refractivity contribution is -0.135. The van der Waals surface area contributed by atoms with Crippen molar-refractivity contribution in [1.82, 2.24) is 4.90 Å². The molecular formula is C11H21ClN2OS. The van der Waals surface area contributed by atoms with Crippen LogP contribution in [-0.4, -0.2) is 40.9 Å². The predicted molar refractivity (Wildman–Crippen MR) is 71.1 cm³/mol. The average Bonchev–Trinajstić information content (AvgIpc) is 2.63. The zero-order chi connectivity index (χ0) is 10.8. The van der Waals surface area contributed by atoms with Crippen LogP contribution < -0.4 is 5.73 Å². The molecule has 1 aliphatic heterocycles. The SMILES string of the molecule is CC1CN(C(=O)C2CCCC2N)CCS1.Cl. The molecule has 5 heteroatoms. The van der Waals surface area contributed by atoms with Crippen LogP contribution in [0.4, 0.5) is 0 Å². The Morgan fingerprint density at radius 3 is 2.75 bits per heavy atom. The molecule has 1 heterocycles. The molecule has 0 bridgehead atoms. The van der Waals surface area contributed by atoms with E-state index < -0.39 is 0 Å². The molecule has 0 spiro atoms. The molecule has 1 aliphatic carbocycles. The lowest BCUT2D eigenvalue weighted by atomic mass is 10.0. The molecule has 94 valence electrons. The summed E-state index contributed by atoms with van der Waals surface area (Å²) in [6.07, 6.45) is 3.14. The van der Waals surface area contributed by atoms with E-state index in [1.807, 2.05) is 16.7 Å². The van der Waals surface area contributed by atoms with E-state index in [9.17, 15) is 4.79 Å². The zero-order valence-corrected chi connectivity index (χ0v) is 11.4. The van der Waals surface area contributed by atoms with Crippen molar-refractivity contribution in [2.45, 2.75) is 37.5 Å². The summed E-state index contributed by atoms with van der Waals surface area (Å²) in [4.78, 5) is 14.2. The van der Waals surface area contributed by atoms with E-state index in [1.165, 1.54) is 0 Å². The summed E-state index contributed by atoms with van der Waals surface area (Å²) < 4.78 is 0. The highest BCUT2D eigenvalue weighted by Gasteiger charge is 2.34. The molecule has 2 fully saturated rings. The van der Waals surface area contributed by atoms with Crippen molar-refractivity contribution in [3.05, 3.63) is 0 Å². The third-order valence-electron chi connectivity index (χ3n) is 3.44. The van der Waals surface area contributed by atoms with E-state index in [0.717, 1.165) is 38.1 Å². The highest BCUT2D eigenvalue weighted by atomic mass is 35.5. The molecule has 16 heavy (non-hydrogen) atoms. The minimum atomic E-state index is 0. The maximum atomic E-state index is 12.2. The Kier molecular flexibility index (Phi) is 5.41. The number of hydrogen-bond donors (Lipinski definition) is 1. The van der Waals surface area contributed by atoms with Gasteiger partial charge in [-0.3, -0.25) is 4.79 Å². The summed E-state index contributed by atoms with van der Waals surface area (Å²) in [7, 11) is 0. The second-order valence-electron chi connectivity index (χ2n) is 4.67. The lowest BCUT2D eigenvalue weighted by Crippen LogP contribution is -2.47. The van der Waals surface area contributed by atoms with Crippen molar-refractivity contribution in [2.75, 3.05) is 18.8 Å². The Morgan fingerprint density at radius 2 is 2.19 bits per heavy atom. The predicted octanol–water partition coefficient (Wildman–Crippen LogP) is 1.50. The first kappa shape index (κ1) is 14.1. The number of hydrogen-bond acceptors (Lipinski definition) is 3. The number of nitrogens with two attached hydrogens (primary N) is 1. The molecule has 0 aromatic rings. The number of nitrogens with zero attached hydrogens (tertiary/aromatic N) is 1. The summed E-state index contributed by atoms with van der Waals surface area (Å²) in [5.74, 6) is 1.50. The smallest absolute Gasteiger partial charge is 0.227 e. The number of rotatable bonds is 1. The van der Waals surface area contributed by atoms with Crippen molar-refractivity contribution in [3.8, 4) is 0 Å². The molecule has 0 aromatic carbocycles. The van der Waals surface area contributed by atoms with Crippen LogP contribution in [-0.2, 0) is 4.79 Å². The molecule has 3 unspecified atom stereocenters. The largest absolute Gasteiger partial charge is 0.340 e. The molecule has 2 N–H and O–H groups in total. The van der Waals surface area contributed by atoms with E-state index in [1.54, 1.807) is 0 Å². The number of carbonyl (C=O) groups excluding carboxylic acids is 1. The highest BCUT2D eigenvalue weighted by molar-refractivity contribution is 7.99. The fraction of sp³-hybridized carbons (Fsp3) is 0.909. The third kappa shape index (κ3) is 3.05. The summed E-state index contributed by atoms with van der Waals surface area (Å²) in [6.45, 7) is 4.02. The van der Waals surface area contributed by atoms with Crippen LogP contribution >= 0.6 is 24.2 Å².